The van der Waals surface area contributed by atoms with E-state index in [0.29, 0.717) is 95.6 Å². The lowest BCUT2D eigenvalue weighted by Crippen LogP contribution is -2.55. The quantitative estimate of drug-likeness (QED) is 0.0829. The van der Waals surface area contributed by atoms with Gasteiger partial charge in [0.15, 0.2) is 5.71 Å². The number of hydrogen-bond donors (Lipinski definition) is 0. The number of aryl methyl sites for hydroxylation is 2. The predicted molar refractivity (Wildman–Crippen MR) is 196 cm³/mol. The summed E-state index contributed by atoms with van der Waals surface area (Å²) in [5, 5.41) is 0. The molecular weight excluding hydrogens is 640 g/mol. The van der Waals surface area contributed by atoms with E-state index in [0.717, 1.165) is 61.7 Å². The third kappa shape index (κ3) is 12.2. The van der Waals surface area contributed by atoms with Crippen molar-refractivity contribution in [3.63, 3.8) is 0 Å². The van der Waals surface area contributed by atoms with Crippen LogP contribution < -0.4 is 4.90 Å². The number of amides is 2. The van der Waals surface area contributed by atoms with Crippen LogP contribution in [0.4, 0.5) is 11.4 Å². The standard InChI is InChI=1S/C38H63N4O8/c1-8-9-13-40-34-12-11-30(2)37(43)41(38(44)36(34)39-33-28-31(3)32(4)29-35(33)40)14-10-15-42(16-19-48-25-22-45-5,17-20-49-26-23-46-6)18-21-50-27-24-47-7/h12,28-30H,8-11,13-27H2,1-7H3/q+1. The van der Waals surface area contributed by atoms with Crippen molar-refractivity contribution in [1.82, 2.24) is 4.90 Å². The molecule has 1 atom stereocenters. The minimum atomic E-state index is -0.334. The van der Waals surface area contributed by atoms with Crippen molar-refractivity contribution in [3.8, 4) is 0 Å². The van der Waals surface area contributed by atoms with E-state index in [1.54, 1.807) is 21.3 Å². The molecule has 0 saturated carbocycles. The topological polar surface area (TPSA) is 108 Å². The van der Waals surface area contributed by atoms with E-state index >= 15 is 0 Å². The first-order valence-corrected chi connectivity index (χ1v) is 18.3. The second kappa shape index (κ2) is 22.3. The summed E-state index contributed by atoms with van der Waals surface area (Å²) in [4.78, 5) is 37.0. The zero-order valence-corrected chi connectivity index (χ0v) is 31.8. The number of hydrogen-bond acceptors (Lipinski definition) is 10. The van der Waals surface area contributed by atoms with Gasteiger partial charge in [-0.15, -0.1) is 0 Å². The molecule has 1 unspecified atom stereocenters. The molecule has 0 N–H and O–H groups in total. The number of anilines is 1. The molecule has 2 aliphatic heterocycles. The second-order valence-corrected chi connectivity index (χ2v) is 13.3. The van der Waals surface area contributed by atoms with Crippen LogP contribution in [0.2, 0.25) is 0 Å². The fraction of sp³-hybridized carbons (Fsp3) is 0.711. The van der Waals surface area contributed by atoms with Crippen molar-refractivity contribution < 1.29 is 42.5 Å². The third-order valence-corrected chi connectivity index (χ3v) is 9.62. The van der Waals surface area contributed by atoms with Gasteiger partial charge in [0.05, 0.1) is 83.1 Å². The Labute approximate surface area is 300 Å². The SMILES string of the molecule is CCCCN1C2=CCC(C)C(=O)N(CCC[N+](CCOCCOC)(CCOCCOC)CCOCCOC)C(=O)C2=Nc2cc(C)c(C)cc21. The van der Waals surface area contributed by atoms with Gasteiger partial charge >= 0.3 is 0 Å². The number of aliphatic imine (C=N–C) groups is 1. The van der Waals surface area contributed by atoms with E-state index in [9.17, 15) is 9.59 Å². The van der Waals surface area contributed by atoms with Gasteiger partial charge in [-0.3, -0.25) is 14.5 Å². The van der Waals surface area contributed by atoms with E-state index in [1.807, 2.05) is 13.0 Å². The lowest BCUT2D eigenvalue weighted by Gasteiger charge is -2.40. The summed E-state index contributed by atoms with van der Waals surface area (Å²) >= 11 is 0. The number of ether oxygens (including phenoxy) is 6. The molecule has 0 aromatic heterocycles. The smallest absolute Gasteiger partial charge is 0.281 e. The molecule has 1 aromatic carbocycles. The van der Waals surface area contributed by atoms with Gasteiger partial charge in [0, 0.05) is 46.8 Å². The molecule has 2 amide bonds. The molecule has 1 aromatic rings. The molecule has 0 bridgehead atoms. The van der Waals surface area contributed by atoms with E-state index < -0.39 is 0 Å². The Balaban J connectivity index is 1.88. The van der Waals surface area contributed by atoms with Gasteiger partial charge in [0.1, 0.15) is 19.6 Å². The summed E-state index contributed by atoms with van der Waals surface area (Å²) in [7, 11) is 4.98. The van der Waals surface area contributed by atoms with Gasteiger partial charge in [0.2, 0.25) is 5.91 Å². The number of methoxy groups -OCH3 is 3. The van der Waals surface area contributed by atoms with Crippen molar-refractivity contribution in [3.05, 3.63) is 35.0 Å². The summed E-state index contributed by atoms with van der Waals surface area (Å²) in [6.45, 7) is 16.9. The Morgan fingerprint density at radius 2 is 1.28 bits per heavy atom. The average molecular weight is 704 g/mol. The minimum Gasteiger partial charge on any atom is -0.382 e. The second-order valence-electron chi connectivity index (χ2n) is 13.3. The first-order chi connectivity index (χ1) is 24.2. The summed E-state index contributed by atoms with van der Waals surface area (Å²) < 4.78 is 34.0. The first-order valence-electron chi connectivity index (χ1n) is 18.3. The number of quaternary nitrogens is 1. The van der Waals surface area contributed by atoms with Crippen LogP contribution >= 0.6 is 0 Å². The van der Waals surface area contributed by atoms with Crippen molar-refractivity contribution in [2.75, 3.05) is 125 Å². The Bertz CT molecular complexity index is 1230. The number of carbonyl (C=O) groups excluding carboxylic acids is 2. The number of fused-ring (bicyclic) bond motifs is 2. The van der Waals surface area contributed by atoms with Crippen LogP contribution in [0.1, 0.15) is 50.7 Å². The molecule has 12 heteroatoms. The van der Waals surface area contributed by atoms with Crippen LogP contribution in [0.15, 0.2) is 28.9 Å². The molecule has 0 spiro atoms. The van der Waals surface area contributed by atoms with Crippen LogP contribution in [0.5, 0.6) is 0 Å². The predicted octanol–water partition coefficient (Wildman–Crippen LogP) is 4.47. The molecule has 50 heavy (non-hydrogen) atoms. The van der Waals surface area contributed by atoms with Crippen LogP contribution in [0.3, 0.4) is 0 Å². The van der Waals surface area contributed by atoms with Crippen LogP contribution in [0.25, 0.3) is 0 Å². The van der Waals surface area contributed by atoms with Crippen LogP contribution in [0, 0.1) is 19.8 Å². The van der Waals surface area contributed by atoms with E-state index in [-0.39, 0.29) is 17.7 Å². The number of carbonyl (C=O) groups is 2. The number of rotatable bonds is 25. The highest BCUT2D eigenvalue weighted by molar-refractivity contribution is 6.49. The number of unbranched alkanes of at least 4 members (excludes halogenated alkanes) is 1. The van der Waals surface area contributed by atoms with Crippen molar-refractivity contribution in [2.24, 2.45) is 10.9 Å². The molecule has 0 aliphatic carbocycles. The summed E-state index contributed by atoms with van der Waals surface area (Å²) in [5.41, 5.74) is 5.26. The number of benzene rings is 1. The normalized spacial score (nSPS) is 16.6. The van der Waals surface area contributed by atoms with E-state index in [4.69, 9.17) is 33.4 Å². The van der Waals surface area contributed by atoms with E-state index in [2.05, 4.69) is 37.8 Å². The molecule has 3 rings (SSSR count). The summed E-state index contributed by atoms with van der Waals surface area (Å²) in [6, 6.07) is 4.23. The monoisotopic (exact) mass is 703 g/mol. The highest BCUT2D eigenvalue weighted by Crippen LogP contribution is 2.40. The third-order valence-electron chi connectivity index (χ3n) is 9.62. The van der Waals surface area contributed by atoms with E-state index in [1.165, 1.54) is 10.5 Å². The zero-order valence-electron chi connectivity index (χ0n) is 31.8. The number of imide groups is 1. The van der Waals surface area contributed by atoms with Crippen molar-refractivity contribution in [2.45, 2.75) is 53.4 Å². The van der Waals surface area contributed by atoms with Crippen molar-refractivity contribution >= 4 is 28.9 Å². The Kier molecular flexibility index (Phi) is 18.6. The number of allylic oxidation sites excluding steroid dienone is 1. The molecule has 2 aliphatic rings. The number of nitrogens with zero attached hydrogens (tertiary/aromatic N) is 4. The average Bonchev–Trinajstić information content (AvgIpc) is 3.10. The highest BCUT2D eigenvalue weighted by atomic mass is 16.5. The molecule has 282 valence electrons. The van der Waals surface area contributed by atoms with Gasteiger partial charge in [-0.1, -0.05) is 26.3 Å². The lowest BCUT2D eigenvalue weighted by atomic mass is 9.97. The highest BCUT2D eigenvalue weighted by Gasteiger charge is 2.38. The molecule has 0 saturated heterocycles. The Hall–Kier alpha value is -2.71. The largest absolute Gasteiger partial charge is 0.382 e. The zero-order chi connectivity index (χ0) is 36.4. The molecular formula is C38H63N4O8+. The van der Waals surface area contributed by atoms with Gasteiger partial charge < -0.3 is 37.8 Å². The maximum Gasteiger partial charge on any atom is 0.281 e. The maximum absolute atomic E-state index is 14.4. The molecule has 12 nitrogen and oxygen atoms in total. The van der Waals surface area contributed by atoms with Crippen LogP contribution in [-0.4, -0.2) is 147 Å². The van der Waals surface area contributed by atoms with Crippen LogP contribution in [-0.2, 0) is 38.0 Å². The van der Waals surface area contributed by atoms with Gasteiger partial charge in [-0.05, 0) is 49.9 Å². The fourth-order valence-electron chi connectivity index (χ4n) is 6.29. The first kappa shape index (κ1) is 41.7. The molecule has 0 fully saturated rings. The fourth-order valence-corrected chi connectivity index (χ4v) is 6.29. The van der Waals surface area contributed by atoms with Gasteiger partial charge in [-0.2, -0.15) is 0 Å². The summed E-state index contributed by atoms with van der Waals surface area (Å²) in [6.07, 6.45) is 5.19. The Morgan fingerprint density at radius 3 is 1.82 bits per heavy atom. The molecule has 0 radical (unpaired) electrons. The minimum absolute atomic E-state index is 0.161. The van der Waals surface area contributed by atoms with Crippen molar-refractivity contribution in [1.29, 1.82) is 0 Å². The lowest BCUT2D eigenvalue weighted by molar-refractivity contribution is -0.929. The maximum atomic E-state index is 14.4. The van der Waals surface area contributed by atoms with Gasteiger partial charge in [0.25, 0.3) is 5.91 Å². The summed E-state index contributed by atoms with van der Waals surface area (Å²) in [5.74, 6) is -0.824. The molecule has 2 heterocycles. The Morgan fingerprint density at radius 1 is 0.740 bits per heavy atom. The van der Waals surface area contributed by atoms with Gasteiger partial charge in [-0.25, -0.2) is 4.99 Å².